The van der Waals surface area contributed by atoms with Crippen LogP contribution in [0.5, 0.6) is 0 Å². The van der Waals surface area contributed by atoms with Gasteiger partial charge in [0.15, 0.2) is 11.2 Å². The third-order valence-electron chi connectivity index (χ3n) is 10.6. The Kier molecular flexibility index (Phi) is 10.4. The van der Waals surface area contributed by atoms with Crippen LogP contribution in [0.3, 0.4) is 0 Å². The van der Waals surface area contributed by atoms with Gasteiger partial charge in [0.1, 0.15) is 12.1 Å². The van der Waals surface area contributed by atoms with E-state index in [4.69, 9.17) is 0 Å². The fourth-order valence-electron chi connectivity index (χ4n) is 7.51. The van der Waals surface area contributed by atoms with Crippen LogP contribution in [-0.2, 0) is 30.4 Å². The first kappa shape index (κ1) is 37.2. The topological polar surface area (TPSA) is 168 Å². The summed E-state index contributed by atoms with van der Waals surface area (Å²) in [6, 6.07) is 30.6. The van der Waals surface area contributed by atoms with Crippen LogP contribution in [0.1, 0.15) is 50.7 Å². The van der Waals surface area contributed by atoms with E-state index < -0.39 is 35.1 Å². The number of hydrogen-bond donors (Lipinski definition) is 5. The minimum absolute atomic E-state index is 0.317. The van der Waals surface area contributed by atoms with Crippen molar-refractivity contribution in [2.24, 2.45) is 0 Å². The van der Waals surface area contributed by atoms with Crippen molar-refractivity contribution < 1.29 is 29.4 Å². The average molecular weight is 741 g/mol. The second kappa shape index (κ2) is 15.3. The van der Waals surface area contributed by atoms with Crippen molar-refractivity contribution in [1.82, 2.24) is 19.8 Å². The second-order valence-corrected chi connectivity index (χ2v) is 14.4. The summed E-state index contributed by atoms with van der Waals surface area (Å²) < 4.78 is 0. The van der Waals surface area contributed by atoms with E-state index in [-0.39, 0.29) is 11.8 Å². The molecule has 3 heterocycles. The van der Waals surface area contributed by atoms with E-state index in [1.165, 1.54) is 23.6 Å². The molecule has 0 aliphatic carbocycles. The molecular formula is C43H44N6O6. The lowest BCUT2D eigenvalue weighted by molar-refractivity contribution is -0.153. The van der Waals surface area contributed by atoms with Crippen molar-refractivity contribution in [2.75, 3.05) is 23.7 Å². The van der Waals surface area contributed by atoms with Crippen LogP contribution in [0.2, 0.25) is 0 Å². The fourth-order valence-corrected chi connectivity index (χ4v) is 7.51. The maximum Gasteiger partial charge on any atom is 0.259 e. The van der Waals surface area contributed by atoms with Gasteiger partial charge in [0.05, 0.1) is 17.7 Å². The SMILES string of the molecule is C[C@](O)(C(=O)N1CCC[C@H]1C(=O)Nc1ccc(-c2nc[nH]c2-c2ccc(NC(=O)[C@@H]3CCCN3C(=O)[C@](C)(O)c3ccccc3)cc2)cc1)c1ccccc1. The van der Waals surface area contributed by atoms with Crippen molar-refractivity contribution in [2.45, 2.75) is 62.8 Å². The number of amides is 4. The van der Waals surface area contributed by atoms with Crippen LogP contribution in [0.25, 0.3) is 22.5 Å². The minimum Gasteiger partial charge on any atom is -0.376 e. The van der Waals surface area contributed by atoms with Crippen LogP contribution in [0.4, 0.5) is 11.4 Å². The Hall–Kier alpha value is -6.11. The molecule has 282 valence electrons. The van der Waals surface area contributed by atoms with Crippen LogP contribution >= 0.6 is 0 Å². The molecule has 55 heavy (non-hydrogen) atoms. The van der Waals surface area contributed by atoms with Crippen molar-refractivity contribution in [3.05, 3.63) is 127 Å². The van der Waals surface area contributed by atoms with E-state index in [1.807, 2.05) is 36.4 Å². The van der Waals surface area contributed by atoms with Gasteiger partial charge in [-0.25, -0.2) is 4.98 Å². The van der Waals surface area contributed by atoms with E-state index in [9.17, 15) is 29.4 Å². The maximum absolute atomic E-state index is 13.4. The zero-order valence-corrected chi connectivity index (χ0v) is 30.7. The van der Waals surface area contributed by atoms with Crippen molar-refractivity contribution in [1.29, 1.82) is 0 Å². The highest BCUT2D eigenvalue weighted by Crippen LogP contribution is 2.33. The van der Waals surface area contributed by atoms with E-state index in [0.29, 0.717) is 67.0 Å². The standard InChI is InChI=1S/C43H44N6O6/c1-42(54,30-11-5-3-6-12-30)40(52)48-25-9-15-34(48)38(50)46-32-21-17-28(18-22-32)36-37(45-27-44-36)29-19-23-33(24-20-29)47-39(51)35-16-10-26-49(35)41(53)43(2,55)31-13-7-4-8-14-31/h3-8,11-14,17-24,27,34-35,54-55H,9-10,15-16,25-26H2,1-2H3,(H,44,45)(H,46,50)(H,47,51)/t34-,35-,42+,43+/m0/s1. The first-order valence-electron chi connectivity index (χ1n) is 18.5. The number of benzene rings is 4. The van der Waals surface area contributed by atoms with Crippen LogP contribution in [0, 0.1) is 0 Å². The van der Waals surface area contributed by atoms with Gasteiger partial charge in [-0.3, -0.25) is 19.2 Å². The number of aromatic amines is 1. The smallest absolute Gasteiger partial charge is 0.259 e. The quantitative estimate of drug-likeness (QED) is 0.128. The molecule has 4 aromatic carbocycles. The second-order valence-electron chi connectivity index (χ2n) is 14.4. The average Bonchev–Trinajstić information content (AvgIpc) is 4.01. The van der Waals surface area contributed by atoms with E-state index in [1.54, 1.807) is 79.1 Å². The summed E-state index contributed by atoms with van der Waals surface area (Å²) in [6.07, 6.45) is 3.90. The van der Waals surface area contributed by atoms with Crippen LogP contribution < -0.4 is 10.6 Å². The molecule has 2 saturated heterocycles. The molecule has 0 saturated carbocycles. The number of nitrogens with one attached hydrogen (secondary N) is 3. The van der Waals surface area contributed by atoms with Gasteiger partial charge in [-0.05, 0) is 74.9 Å². The number of rotatable bonds is 10. The van der Waals surface area contributed by atoms with Crippen molar-refractivity contribution in [3.8, 4) is 22.5 Å². The fraction of sp³-hybridized carbons (Fsp3) is 0.279. The third kappa shape index (κ3) is 7.51. The van der Waals surface area contributed by atoms with Gasteiger partial charge >= 0.3 is 0 Å². The molecule has 0 bridgehead atoms. The predicted molar refractivity (Wildman–Crippen MR) is 208 cm³/mol. The number of carbonyl (C=O) groups is 4. The lowest BCUT2D eigenvalue weighted by atomic mass is 9.94. The molecule has 0 radical (unpaired) electrons. The lowest BCUT2D eigenvalue weighted by Gasteiger charge is -2.32. The summed E-state index contributed by atoms with van der Waals surface area (Å²) in [4.78, 5) is 64.3. The first-order valence-corrected chi connectivity index (χ1v) is 18.5. The number of hydrogen-bond acceptors (Lipinski definition) is 7. The van der Waals surface area contributed by atoms with Gasteiger partial charge < -0.3 is 35.6 Å². The van der Waals surface area contributed by atoms with Crippen molar-refractivity contribution in [3.63, 3.8) is 0 Å². The van der Waals surface area contributed by atoms with E-state index >= 15 is 0 Å². The highest BCUT2D eigenvalue weighted by atomic mass is 16.3. The lowest BCUT2D eigenvalue weighted by Crippen LogP contribution is -2.50. The molecular weight excluding hydrogens is 697 g/mol. The Labute approximate surface area is 319 Å². The monoisotopic (exact) mass is 740 g/mol. The molecule has 0 unspecified atom stereocenters. The Morgan fingerprint density at radius 3 is 1.49 bits per heavy atom. The Morgan fingerprint density at radius 1 is 0.636 bits per heavy atom. The summed E-state index contributed by atoms with van der Waals surface area (Å²) in [6.45, 7) is 3.69. The van der Waals surface area contributed by atoms with Crippen LogP contribution in [0.15, 0.2) is 116 Å². The highest BCUT2D eigenvalue weighted by Gasteiger charge is 2.44. The molecule has 7 rings (SSSR count). The normalized spacial score (nSPS) is 19.0. The largest absolute Gasteiger partial charge is 0.376 e. The molecule has 2 fully saturated rings. The Balaban J connectivity index is 0.980. The van der Waals surface area contributed by atoms with Crippen LogP contribution in [-0.4, -0.2) is 78.8 Å². The van der Waals surface area contributed by atoms with Crippen molar-refractivity contribution >= 4 is 35.0 Å². The molecule has 2 aliphatic heterocycles. The molecule has 5 aromatic rings. The van der Waals surface area contributed by atoms with Gasteiger partial charge in [0.2, 0.25) is 11.8 Å². The predicted octanol–water partition coefficient (Wildman–Crippen LogP) is 5.42. The molecule has 12 heteroatoms. The number of carbonyl (C=O) groups excluding carboxylic acids is 4. The number of H-pyrrole nitrogens is 1. The van der Waals surface area contributed by atoms with Gasteiger partial charge in [0.25, 0.3) is 11.8 Å². The molecule has 4 amide bonds. The number of likely N-dealkylation sites (tertiary alicyclic amines) is 2. The number of nitrogens with zero attached hydrogens (tertiary/aromatic N) is 3. The summed E-state index contributed by atoms with van der Waals surface area (Å²) >= 11 is 0. The van der Waals surface area contributed by atoms with Gasteiger partial charge in [0, 0.05) is 35.6 Å². The van der Waals surface area contributed by atoms with Gasteiger partial charge in [-0.1, -0.05) is 84.9 Å². The molecule has 5 N–H and O–H groups in total. The zero-order chi connectivity index (χ0) is 38.7. The molecule has 4 atom stereocenters. The number of aliphatic hydroxyl groups is 2. The Bertz CT molecular complexity index is 2010. The third-order valence-corrected chi connectivity index (χ3v) is 10.6. The molecule has 1 aromatic heterocycles. The highest BCUT2D eigenvalue weighted by molar-refractivity contribution is 6.00. The van der Waals surface area contributed by atoms with Gasteiger partial charge in [-0.2, -0.15) is 0 Å². The molecule has 12 nitrogen and oxygen atoms in total. The minimum atomic E-state index is -1.76. The number of anilines is 2. The maximum atomic E-state index is 13.4. The van der Waals surface area contributed by atoms with E-state index in [2.05, 4.69) is 20.6 Å². The summed E-state index contributed by atoms with van der Waals surface area (Å²) in [5.41, 5.74) is 1.64. The summed E-state index contributed by atoms with van der Waals surface area (Å²) in [7, 11) is 0. The van der Waals surface area contributed by atoms with Gasteiger partial charge in [-0.15, -0.1) is 0 Å². The zero-order valence-electron chi connectivity index (χ0n) is 30.7. The number of aromatic nitrogens is 2. The summed E-state index contributed by atoms with van der Waals surface area (Å²) in [5, 5.41) is 28.1. The number of imidazole rings is 1. The van der Waals surface area contributed by atoms with E-state index in [0.717, 1.165) is 16.8 Å². The first-order chi connectivity index (χ1) is 26.4. The molecule has 0 spiro atoms. The molecule has 2 aliphatic rings. The summed E-state index contributed by atoms with van der Waals surface area (Å²) in [5.74, 6) is -1.64. The Morgan fingerprint density at radius 2 is 1.05 bits per heavy atom.